The van der Waals surface area contributed by atoms with Crippen LogP contribution in [0.15, 0.2) is 18.2 Å². The van der Waals surface area contributed by atoms with E-state index in [0.29, 0.717) is 12.4 Å². The number of hydrogen-bond acceptors (Lipinski definition) is 4. The molecule has 0 amide bonds. The minimum absolute atomic E-state index is 0.0449. The highest BCUT2D eigenvalue weighted by molar-refractivity contribution is 5.61. The van der Waals surface area contributed by atoms with Crippen LogP contribution in [-0.2, 0) is 4.74 Å². The first-order valence-corrected chi connectivity index (χ1v) is 5.22. The molecular weight excluding hydrogens is 206 g/mol. The molecule has 0 heterocycles. The number of phenolic OH excluding ortho intramolecular Hbond substituents is 1. The molecule has 1 aromatic carbocycles. The van der Waals surface area contributed by atoms with E-state index in [9.17, 15) is 5.11 Å². The van der Waals surface area contributed by atoms with Gasteiger partial charge in [-0.1, -0.05) is 6.07 Å². The second-order valence-corrected chi connectivity index (χ2v) is 4.25. The number of para-hydroxylation sites is 1. The van der Waals surface area contributed by atoms with Crippen LogP contribution in [0.2, 0.25) is 0 Å². The molecule has 0 saturated carbocycles. The van der Waals surface area contributed by atoms with E-state index in [0.717, 1.165) is 6.42 Å². The van der Waals surface area contributed by atoms with Gasteiger partial charge in [0.25, 0.3) is 0 Å². The van der Waals surface area contributed by atoms with Gasteiger partial charge in [-0.05, 0) is 26.0 Å². The molecule has 0 aromatic heterocycles. The topological polar surface area (TPSA) is 64.7 Å². The van der Waals surface area contributed by atoms with Crippen molar-refractivity contribution in [2.45, 2.75) is 25.9 Å². The number of hydrogen-bond donors (Lipinski definition) is 2. The predicted molar refractivity (Wildman–Crippen MR) is 63.7 cm³/mol. The lowest BCUT2D eigenvalue weighted by molar-refractivity contribution is 0.00551. The molecule has 4 nitrogen and oxygen atoms in total. The van der Waals surface area contributed by atoms with E-state index in [-0.39, 0.29) is 17.0 Å². The first-order valence-electron chi connectivity index (χ1n) is 5.22. The number of nitrogen functional groups attached to an aromatic ring is 1. The third-order valence-electron chi connectivity index (χ3n) is 2.56. The molecule has 0 unspecified atom stereocenters. The summed E-state index contributed by atoms with van der Waals surface area (Å²) in [6.07, 6.45) is 0.749. The zero-order valence-corrected chi connectivity index (χ0v) is 9.99. The zero-order chi connectivity index (χ0) is 12.2. The molecule has 0 aliphatic heterocycles. The minimum atomic E-state index is -0.217. The van der Waals surface area contributed by atoms with E-state index >= 15 is 0 Å². The molecule has 0 radical (unpaired) electrons. The predicted octanol–water partition coefficient (Wildman–Crippen LogP) is 2.17. The summed E-state index contributed by atoms with van der Waals surface area (Å²) in [5.41, 5.74) is 5.72. The molecule has 0 fully saturated rings. The number of nitrogens with two attached hydrogens (primary N) is 1. The number of benzene rings is 1. The van der Waals surface area contributed by atoms with Crippen LogP contribution in [0.4, 0.5) is 5.69 Å². The van der Waals surface area contributed by atoms with Crippen molar-refractivity contribution >= 4 is 5.69 Å². The Hall–Kier alpha value is -1.42. The van der Waals surface area contributed by atoms with E-state index < -0.39 is 0 Å². The lowest BCUT2D eigenvalue weighted by Crippen LogP contribution is -2.25. The summed E-state index contributed by atoms with van der Waals surface area (Å²) in [7, 11) is 1.67. The van der Waals surface area contributed by atoms with Gasteiger partial charge in [0.15, 0.2) is 0 Å². The number of aromatic hydroxyl groups is 1. The molecule has 1 rings (SSSR count). The average molecular weight is 225 g/mol. The van der Waals surface area contributed by atoms with Crippen LogP contribution in [0.1, 0.15) is 20.3 Å². The van der Waals surface area contributed by atoms with Crippen molar-refractivity contribution in [1.29, 1.82) is 0 Å². The molecule has 3 N–H and O–H groups in total. The highest BCUT2D eigenvalue weighted by atomic mass is 16.5. The Balaban J connectivity index is 2.53. The van der Waals surface area contributed by atoms with Crippen LogP contribution in [-0.4, -0.2) is 24.4 Å². The monoisotopic (exact) mass is 225 g/mol. The molecule has 0 spiro atoms. The van der Waals surface area contributed by atoms with Gasteiger partial charge in [-0.3, -0.25) is 0 Å². The van der Waals surface area contributed by atoms with Crippen LogP contribution >= 0.6 is 0 Å². The SMILES string of the molecule is COC(C)(C)CCOc1cccc(O)c1N. The molecule has 0 aliphatic carbocycles. The number of rotatable bonds is 5. The number of methoxy groups -OCH3 is 1. The second-order valence-electron chi connectivity index (χ2n) is 4.25. The van der Waals surface area contributed by atoms with E-state index in [1.54, 1.807) is 19.2 Å². The van der Waals surface area contributed by atoms with Crippen LogP contribution in [0.5, 0.6) is 11.5 Å². The summed E-state index contributed by atoms with van der Waals surface area (Å²) in [4.78, 5) is 0. The lowest BCUT2D eigenvalue weighted by atomic mass is 10.1. The Morgan fingerprint density at radius 1 is 1.38 bits per heavy atom. The largest absolute Gasteiger partial charge is 0.506 e. The van der Waals surface area contributed by atoms with Crippen molar-refractivity contribution in [2.75, 3.05) is 19.5 Å². The Labute approximate surface area is 96.0 Å². The Bertz CT molecular complexity index is 350. The van der Waals surface area contributed by atoms with Crippen LogP contribution in [0.3, 0.4) is 0 Å². The van der Waals surface area contributed by atoms with Crippen LogP contribution in [0, 0.1) is 0 Å². The van der Waals surface area contributed by atoms with Gasteiger partial charge in [-0.15, -0.1) is 0 Å². The molecule has 90 valence electrons. The smallest absolute Gasteiger partial charge is 0.145 e. The van der Waals surface area contributed by atoms with Gasteiger partial charge in [0.1, 0.15) is 17.2 Å². The quantitative estimate of drug-likeness (QED) is 0.595. The van der Waals surface area contributed by atoms with Crippen molar-refractivity contribution < 1.29 is 14.6 Å². The first kappa shape index (κ1) is 12.6. The summed E-state index contributed by atoms with van der Waals surface area (Å²) < 4.78 is 10.8. The molecule has 1 aromatic rings. The summed E-state index contributed by atoms with van der Waals surface area (Å²) in [5, 5.41) is 9.38. The molecule has 4 heteroatoms. The maximum atomic E-state index is 9.38. The van der Waals surface area contributed by atoms with Crippen molar-refractivity contribution in [3.63, 3.8) is 0 Å². The lowest BCUT2D eigenvalue weighted by Gasteiger charge is -2.22. The average Bonchev–Trinajstić information content (AvgIpc) is 2.24. The molecule has 0 aliphatic rings. The molecule has 0 bridgehead atoms. The second kappa shape index (κ2) is 5.07. The van der Waals surface area contributed by atoms with E-state index in [2.05, 4.69) is 0 Å². The molecule has 0 atom stereocenters. The Morgan fingerprint density at radius 2 is 2.06 bits per heavy atom. The molecular formula is C12H19NO3. The summed E-state index contributed by atoms with van der Waals surface area (Å²) in [6, 6.07) is 4.96. The standard InChI is InChI=1S/C12H19NO3/c1-12(2,15-3)7-8-16-10-6-4-5-9(14)11(10)13/h4-6,14H,7-8,13H2,1-3H3. The summed E-state index contributed by atoms with van der Waals surface area (Å²) in [5.74, 6) is 0.551. The van der Waals surface area contributed by atoms with Gasteiger partial charge in [-0.25, -0.2) is 0 Å². The third-order valence-corrected chi connectivity index (χ3v) is 2.56. The summed E-state index contributed by atoms with van der Waals surface area (Å²) >= 11 is 0. The van der Waals surface area contributed by atoms with Gasteiger partial charge in [0.2, 0.25) is 0 Å². The number of ether oxygens (including phenoxy) is 2. The maximum absolute atomic E-state index is 9.38. The van der Waals surface area contributed by atoms with Crippen LogP contribution < -0.4 is 10.5 Å². The van der Waals surface area contributed by atoms with Crippen molar-refractivity contribution in [3.05, 3.63) is 18.2 Å². The highest BCUT2D eigenvalue weighted by Crippen LogP contribution is 2.30. The maximum Gasteiger partial charge on any atom is 0.145 e. The molecule has 0 saturated heterocycles. The zero-order valence-electron chi connectivity index (χ0n) is 9.99. The minimum Gasteiger partial charge on any atom is -0.506 e. The van der Waals surface area contributed by atoms with E-state index in [4.69, 9.17) is 15.2 Å². The first-order chi connectivity index (χ1) is 7.46. The van der Waals surface area contributed by atoms with Gasteiger partial charge in [0.05, 0.1) is 12.2 Å². The van der Waals surface area contributed by atoms with Gasteiger partial charge < -0.3 is 20.3 Å². The van der Waals surface area contributed by atoms with Crippen LogP contribution in [0.25, 0.3) is 0 Å². The van der Waals surface area contributed by atoms with Crippen molar-refractivity contribution in [1.82, 2.24) is 0 Å². The fourth-order valence-corrected chi connectivity index (χ4v) is 1.17. The Morgan fingerprint density at radius 3 is 2.69 bits per heavy atom. The number of anilines is 1. The van der Waals surface area contributed by atoms with E-state index in [1.165, 1.54) is 6.07 Å². The third kappa shape index (κ3) is 3.31. The fourth-order valence-electron chi connectivity index (χ4n) is 1.17. The van der Waals surface area contributed by atoms with E-state index in [1.807, 2.05) is 13.8 Å². The van der Waals surface area contributed by atoms with Crippen molar-refractivity contribution in [2.24, 2.45) is 0 Å². The van der Waals surface area contributed by atoms with Gasteiger partial charge >= 0.3 is 0 Å². The number of phenols is 1. The fraction of sp³-hybridized carbons (Fsp3) is 0.500. The van der Waals surface area contributed by atoms with Crippen molar-refractivity contribution in [3.8, 4) is 11.5 Å². The normalized spacial score (nSPS) is 11.4. The Kier molecular flexibility index (Phi) is 4.01. The van der Waals surface area contributed by atoms with Gasteiger partial charge in [-0.2, -0.15) is 0 Å². The van der Waals surface area contributed by atoms with Gasteiger partial charge in [0, 0.05) is 13.5 Å². The summed E-state index contributed by atoms with van der Waals surface area (Å²) in [6.45, 7) is 4.47. The highest BCUT2D eigenvalue weighted by Gasteiger charge is 2.16. The molecule has 16 heavy (non-hydrogen) atoms.